The van der Waals surface area contributed by atoms with Crippen molar-refractivity contribution in [2.45, 2.75) is 56.2 Å². The van der Waals surface area contributed by atoms with Crippen LogP contribution in [-0.4, -0.2) is 59.6 Å². The van der Waals surface area contributed by atoms with Crippen LogP contribution in [0.5, 0.6) is 0 Å². The predicted molar refractivity (Wildman–Crippen MR) is 138 cm³/mol. The molecular formula is C30H35F3N2O2. The second-order valence-electron chi connectivity index (χ2n) is 10.9. The quantitative estimate of drug-likeness (QED) is 0.553. The summed E-state index contributed by atoms with van der Waals surface area (Å²) in [4.78, 5) is 16.7. The fraction of sp³-hybridized carbons (Fsp3) is 0.500. The maximum atomic E-state index is 12.7. The monoisotopic (exact) mass is 512 g/mol. The van der Waals surface area contributed by atoms with Gasteiger partial charge in [-0.05, 0) is 97.8 Å². The summed E-state index contributed by atoms with van der Waals surface area (Å²) in [5, 5.41) is 11.0. The van der Waals surface area contributed by atoms with E-state index >= 15 is 0 Å². The zero-order chi connectivity index (χ0) is 26.0. The van der Waals surface area contributed by atoms with E-state index in [-0.39, 0.29) is 11.8 Å². The zero-order valence-corrected chi connectivity index (χ0v) is 21.1. The Hall–Kier alpha value is -2.64. The molecule has 0 radical (unpaired) electrons. The minimum atomic E-state index is -4.37. The number of piperidine rings is 2. The minimum Gasteiger partial charge on any atom is -0.392 e. The van der Waals surface area contributed by atoms with E-state index in [0.29, 0.717) is 30.6 Å². The first-order chi connectivity index (χ1) is 17.7. The number of carbonyl (C=O) groups is 1. The van der Waals surface area contributed by atoms with Gasteiger partial charge in [-0.2, -0.15) is 13.2 Å². The molecule has 1 aliphatic carbocycles. The van der Waals surface area contributed by atoms with Crippen molar-refractivity contribution in [2.75, 3.05) is 32.7 Å². The molecule has 2 aromatic carbocycles. The van der Waals surface area contributed by atoms with Crippen molar-refractivity contribution in [1.29, 1.82) is 0 Å². The first-order valence-corrected chi connectivity index (χ1v) is 13.4. The highest BCUT2D eigenvalue weighted by molar-refractivity contribution is 5.91. The van der Waals surface area contributed by atoms with E-state index in [1.54, 1.807) is 16.5 Å². The Morgan fingerprint density at radius 3 is 2.35 bits per heavy atom. The maximum absolute atomic E-state index is 12.7. The summed E-state index contributed by atoms with van der Waals surface area (Å²) in [6, 6.07) is 13.6. The van der Waals surface area contributed by atoms with Gasteiger partial charge in [-0.25, -0.2) is 0 Å². The largest absolute Gasteiger partial charge is 0.416 e. The number of hydrogen-bond donors (Lipinski definition) is 1. The molecule has 2 heterocycles. The number of rotatable bonds is 5. The maximum Gasteiger partial charge on any atom is 0.416 e. The third kappa shape index (κ3) is 5.78. The van der Waals surface area contributed by atoms with Crippen molar-refractivity contribution < 1.29 is 23.1 Å². The van der Waals surface area contributed by atoms with Crippen molar-refractivity contribution in [3.05, 3.63) is 76.9 Å². The number of fused-ring (bicyclic) bond motifs is 2. The molecule has 198 valence electrons. The second kappa shape index (κ2) is 10.6. The molecule has 0 aromatic heterocycles. The smallest absolute Gasteiger partial charge is 0.392 e. The summed E-state index contributed by atoms with van der Waals surface area (Å²) in [6.07, 6.45) is 4.43. The van der Waals surface area contributed by atoms with E-state index in [4.69, 9.17) is 0 Å². The summed E-state index contributed by atoms with van der Waals surface area (Å²) >= 11 is 0. The molecular weight excluding hydrogens is 477 g/mol. The molecule has 2 fully saturated rings. The van der Waals surface area contributed by atoms with E-state index in [0.717, 1.165) is 50.9 Å². The molecule has 1 amide bonds. The second-order valence-corrected chi connectivity index (χ2v) is 10.9. The van der Waals surface area contributed by atoms with Gasteiger partial charge in [-0.1, -0.05) is 36.4 Å². The molecule has 2 aromatic rings. The molecule has 7 heteroatoms. The molecule has 0 bridgehead atoms. The van der Waals surface area contributed by atoms with Gasteiger partial charge in [-0.15, -0.1) is 0 Å². The third-order valence-corrected chi connectivity index (χ3v) is 8.77. The van der Waals surface area contributed by atoms with Crippen LogP contribution in [0.15, 0.2) is 54.6 Å². The number of nitrogens with zero attached hydrogens (tertiary/aromatic N) is 2. The summed E-state index contributed by atoms with van der Waals surface area (Å²) in [7, 11) is 0. The number of halogens is 3. The van der Waals surface area contributed by atoms with Crippen LogP contribution in [0.1, 0.15) is 54.4 Å². The van der Waals surface area contributed by atoms with Gasteiger partial charge >= 0.3 is 6.18 Å². The lowest BCUT2D eigenvalue weighted by Gasteiger charge is -2.42. The molecule has 1 N–H and O–H groups in total. The normalized spacial score (nSPS) is 21.5. The van der Waals surface area contributed by atoms with Crippen LogP contribution >= 0.6 is 0 Å². The highest BCUT2D eigenvalue weighted by Gasteiger charge is 2.41. The van der Waals surface area contributed by atoms with Crippen molar-refractivity contribution in [2.24, 2.45) is 5.92 Å². The van der Waals surface area contributed by atoms with E-state index < -0.39 is 17.8 Å². The molecule has 3 aliphatic rings. The van der Waals surface area contributed by atoms with Gasteiger partial charge < -0.3 is 14.9 Å². The van der Waals surface area contributed by atoms with Crippen LogP contribution in [0.2, 0.25) is 0 Å². The summed E-state index contributed by atoms with van der Waals surface area (Å²) in [6.45, 7) is 3.87. The summed E-state index contributed by atoms with van der Waals surface area (Å²) in [5.41, 5.74) is 3.21. The molecule has 2 saturated heterocycles. The standard InChI is InChI=1S/C30H35F3N2O2/c31-30(32,33)25-8-5-22(6-9-25)7-10-28(37)35-17-12-24(13-18-35)27(36)21-34-19-15-29(16-20-34)14-11-23-3-1-2-4-26(23)29/h1-10,24,27,36H,11-21H2/b10-7+. The fourth-order valence-electron chi connectivity index (χ4n) is 6.42. The number of aliphatic hydroxyl groups excluding tert-OH is 1. The number of β-amino-alcohol motifs (C(OH)–C–C–N with tert-alkyl or cyclic N) is 1. The van der Waals surface area contributed by atoms with Gasteiger partial charge in [0.1, 0.15) is 0 Å². The summed E-state index contributed by atoms with van der Waals surface area (Å²) in [5.74, 6) is 0.0250. The summed E-state index contributed by atoms with van der Waals surface area (Å²) < 4.78 is 38.1. The number of aryl methyl sites for hydroxylation is 1. The van der Waals surface area contributed by atoms with Crippen molar-refractivity contribution in [3.63, 3.8) is 0 Å². The van der Waals surface area contributed by atoms with Crippen LogP contribution in [0.25, 0.3) is 6.08 Å². The van der Waals surface area contributed by atoms with Crippen molar-refractivity contribution in [3.8, 4) is 0 Å². The number of benzene rings is 2. The molecule has 1 spiro atoms. The minimum absolute atomic E-state index is 0.147. The average Bonchev–Trinajstić information content (AvgIpc) is 3.26. The number of amides is 1. The van der Waals surface area contributed by atoms with Gasteiger partial charge in [-0.3, -0.25) is 4.79 Å². The van der Waals surface area contributed by atoms with E-state index in [2.05, 4.69) is 29.2 Å². The lowest BCUT2D eigenvalue weighted by molar-refractivity contribution is -0.137. The van der Waals surface area contributed by atoms with Gasteiger partial charge in [0.05, 0.1) is 11.7 Å². The Morgan fingerprint density at radius 2 is 1.68 bits per heavy atom. The molecule has 1 unspecified atom stereocenters. The highest BCUT2D eigenvalue weighted by atomic mass is 19.4. The van der Waals surface area contributed by atoms with Crippen LogP contribution in [0.4, 0.5) is 13.2 Å². The third-order valence-electron chi connectivity index (χ3n) is 8.77. The Morgan fingerprint density at radius 1 is 1.00 bits per heavy atom. The Bertz CT molecular complexity index is 1110. The van der Waals surface area contributed by atoms with E-state index in [1.807, 2.05) is 0 Å². The first-order valence-electron chi connectivity index (χ1n) is 13.4. The van der Waals surface area contributed by atoms with Gasteiger partial charge in [0.25, 0.3) is 0 Å². The predicted octanol–water partition coefficient (Wildman–Crippen LogP) is 5.30. The number of carbonyl (C=O) groups excluding carboxylic acids is 1. The van der Waals surface area contributed by atoms with Crippen LogP contribution in [0.3, 0.4) is 0 Å². The van der Waals surface area contributed by atoms with E-state index in [9.17, 15) is 23.1 Å². The molecule has 0 saturated carbocycles. The lowest BCUT2D eigenvalue weighted by atomic mass is 9.73. The molecule has 37 heavy (non-hydrogen) atoms. The average molecular weight is 513 g/mol. The lowest BCUT2D eigenvalue weighted by Crippen LogP contribution is -2.47. The molecule has 1 atom stereocenters. The SMILES string of the molecule is O=C(/C=C/c1ccc(C(F)(F)F)cc1)N1CCC(C(O)CN2CCC3(CCc4ccccc43)CC2)CC1. The number of alkyl halides is 3. The highest BCUT2D eigenvalue weighted by Crippen LogP contribution is 2.46. The Kier molecular flexibility index (Phi) is 7.46. The number of hydrogen-bond acceptors (Lipinski definition) is 3. The molecule has 4 nitrogen and oxygen atoms in total. The van der Waals surface area contributed by atoms with Gasteiger partial charge in [0.2, 0.25) is 5.91 Å². The fourth-order valence-corrected chi connectivity index (χ4v) is 6.42. The Balaban J connectivity index is 1.06. The van der Waals surface area contributed by atoms with Gasteiger partial charge in [0, 0.05) is 25.7 Å². The van der Waals surface area contributed by atoms with E-state index in [1.165, 1.54) is 36.6 Å². The number of likely N-dealkylation sites (tertiary alicyclic amines) is 2. The molecule has 5 rings (SSSR count). The zero-order valence-electron chi connectivity index (χ0n) is 21.1. The van der Waals surface area contributed by atoms with Crippen molar-refractivity contribution in [1.82, 2.24) is 9.80 Å². The molecule has 2 aliphatic heterocycles. The Labute approximate surface area is 216 Å². The van der Waals surface area contributed by atoms with Gasteiger partial charge in [0.15, 0.2) is 0 Å². The number of aliphatic hydroxyl groups is 1. The van der Waals surface area contributed by atoms with Crippen LogP contribution in [-0.2, 0) is 22.8 Å². The van der Waals surface area contributed by atoms with Crippen LogP contribution in [0, 0.1) is 5.92 Å². The van der Waals surface area contributed by atoms with Crippen molar-refractivity contribution >= 4 is 12.0 Å². The van der Waals surface area contributed by atoms with Crippen LogP contribution < -0.4 is 0 Å². The topological polar surface area (TPSA) is 43.8 Å². The first kappa shape index (κ1) is 26.0.